The fourth-order valence-electron chi connectivity index (χ4n) is 2.16. The molecule has 2 aromatic carbocycles. The number of aromatic nitrogens is 1. The molecule has 0 aliphatic rings. The number of hydrogen-bond donors (Lipinski definition) is 1. The van der Waals surface area contributed by atoms with Crippen molar-refractivity contribution in [3.05, 3.63) is 70.4 Å². The molecule has 0 spiro atoms. The second-order valence-electron chi connectivity index (χ2n) is 5.25. The molecule has 8 heteroatoms. The second-order valence-corrected chi connectivity index (χ2v) is 8.31. The van der Waals surface area contributed by atoms with E-state index in [1.165, 1.54) is 47.7 Å². The Bertz CT molecular complexity index is 955. The van der Waals surface area contributed by atoms with E-state index in [4.69, 9.17) is 11.6 Å². The van der Waals surface area contributed by atoms with Crippen LogP contribution in [0.1, 0.15) is 5.69 Å². The Balaban J connectivity index is 1.61. The number of thiazole rings is 1. The van der Waals surface area contributed by atoms with E-state index in [0.717, 1.165) is 16.3 Å². The van der Waals surface area contributed by atoms with E-state index >= 15 is 0 Å². The van der Waals surface area contributed by atoms with Crippen molar-refractivity contribution in [1.82, 2.24) is 9.71 Å². The molecular formula is C17H14ClFN2O2S2. The van der Waals surface area contributed by atoms with Crippen molar-refractivity contribution in [2.45, 2.75) is 11.3 Å². The molecule has 4 nitrogen and oxygen atoms in total. The molecule has 0 saturated heterocycles. The molecule has 1 aromatic heterocycles. The van der Waals surface area contributed by atoms with Crippen LogP contribution in [0.15, 0.2) is 58.8 Å². The van der Waals surface area contributed by atoms with E-state index < -0.39 is 10.0 Å². The normalized spacial score (nSPS) is 11.6. The molecule has 1 N–H and O–H groups in total. The molecule has 0 bridgehead atoms. The molecule has 0 saturated carbocycles. The Morgan fingerprint density at radius 3 is 2.44 bits per heavy atom. The SMILES string of the molecule is O=S(=O)(NCCc1csc(-c2ccc(F)cc2)n1)c1ccc(Cl)cc1. The highest BCUT2D eigenvalue weighted by Gasteiger charge is 2.13. The number of sulfonamides is 1. The molecule has 0 fully saturated rings. The molecule has 25 heavy (non-hydrogen) atoms. The molecule has 3 aromatic rings. The summed E-state index contributed by atoms with van der Waals surface area (Å²) < 4.78 is 39.9. The third-order valence-corrected chi connectivity index (χ3v) is 6.11. The molecule has 0 aliphatic heterocycles. The molecule has 0 amide bonds. The summed E-state index contributed by atoms with van der Waals surface area (Å²) in [6.45, 7) is 0.234. The zero-order valence-corrected chi connectivity index (χ0v) is 15.3. The van der Waals surface area contributed by atoms with Crippen LogP contribution in [-0.4, -0.2) is 19.9 Å². The van der Waals surface area contributed by atoms with Gasteiger partial charge in [-0.2, -0.15) is 0 Å². The molecule has 0 atom stereocenters. The van der Waals surface area contributed by atoms with Crippen LogP contribution in [0.5, 0.6) is 0 Å². The van der Waals surface area contributed by atoms with Gasteiger partial charge in [-0.05, 0) is 48.5 Å². The lowest BCUT2D eigenvalue weighted by molar-refractivity contribution is 0.581. The molecule has 0 unspecified atom stereocenters. The van der Waals surface area contributed by atoms with Crippen molar-refractivity contribution in [2.75, 3.05) is 6.54 Å². The fourth-order valence-corrected chi connectivity index (χ4v) is 4.18. The van der Waals surface area contributed by atoms with Gasteiger partial charge < -0.3 is 0 Å². The number of halogens is 2. The number of nitrogens with zero attached hydrogens (tertiary/aromatic N) is 1. The summed E-state index contributed by atoms with van der Waals surface area (Å²) in [4.78, 5) is 4.63. The summed E-state index contributed by atoms with van der Waals surface area (Å²) in [5.74, 6) is -0.294. The third-order valence-electron chi connectivity index (χ3n) is 3.44. The molecule has 3 rings (SSSR count). The van der Waals surface area contributed by atoms with Gasteiger partial charge in [-0.1, -0.05) is 11.6 Å². The van der Waals surface area contributed by atoms with E-state index in [2.05, 4.69) is 9.71 Å². The van der Waals surface area contributed by atoms with Crippen molar-refractivity contribution >= 4 is 33.0 Å². The maximum atomic E-state index is 13.0. The third kappa shape index (κ3) is 4.64. The van der Waals surface area contributed by atoms with Crippen molar-refractivity contribution in [2.24, 2.45) is 0 Å². The number of rotatable bonds is 6. The summed E-state index contributed by atoms with van der Waals surface area (Å²) in [5, 5.41) is 3.13. The Morgan fingerprint density at radius 1 is 1.08 bits per heavy atom. The molecular weight excluding hydrogens is 383 g/mol. The summed E-state index contributed by atoms with van der Waals surface area (Å²) in [6, 6.07) is 12.1. The van der Waals surface area contributed by atoms with E-state index in [1.54, 1.807) is 12.1 Å². The average Bonchev–Trinajstić information content (AvgIpc) is 3.04. The molecule has 1 heterocycles. The van der Waals surface area contributed by atoms with Gasteiger partial charge >= 0.3 is 0 Å². The summed E-state index contributed by atoms with van der Waals surface area (Å²) in [7, 11) is -3.57. The van der Waals surface area contributed by atoms with E-state index in [-0.39, 0.29) is 17.3 Å². The largest absolute Gasteiger partial charge is 0.241 e. The highest BCUT2D eigenvalue weighted by atomic mass is 35.5. The Morgan fingerprint density at radius 2 is 1.76 bits per heavy atom. The first kappa shape index (κ1) is 18.0. The first-order valence-corrected chi connectivity index (χ1v) is 10.1. The van der Waals surface area contributed by atoms with Crippen molar-refractivity contribution < 1.29 is 12.8 Å². The molecule has 130 valence electrons. The Hall–Kier alpha value is -1.80. The minimum atomic E-state index is -3.57. The van der Waals surface area contributed by atoms with Crippen LogP contribution < -0.4 is 4.72 Å². The average molecular weight is 397 g/mol. The van der Waals surface area contributed by atoms with Crippen LogP contribution in [0.25, 0.3) is 10.6 Å². The quantitative estimate of drug-likeness (QED) is 0.681. The predicted molar refractivity (Wildman–Crippen MR) is 97.9 cm³/mol. The van der Waals surface area contributed by atoms with Gasteiger partial charge in [-0.15, -0.1) is 11.3 Å². The minimum absolute atomic E-state index is 0.169. The summed E-state index contributed by atoms with van der Waals surface area (Å²) in [5.41, 5.74) is 1.61. The van der Waals surface area contributed by atoms with Gasteiger partial charge in [0.15, 0.2) is 0 Å². The first-order chi connectivity index (χ1) is 11.9. The smallest absolute Gasteiger partial charge is 0.240 e. The van der Waals surface area contributed by atoms with Gasteiger partial charge in [0, 0.05) is 28.9 Å². The number of hydrogen-bond acceptors (Lipinski definition) is 4. The molecule has 0 aliphatic carbocycles. The highest BCUT2D eigenvalue weighted by molar-refractivity contribution is 7.89. The van der Waals surface area contributed by atoms with Crippen LogP contribution in [-0.2, 0) is 16.4 Å². The van der Waals surface area contributed by atoms with E-state index in [9.17, 15) is 12.8 Å². The maximum Gasteiger partial charge on any atom is 0.240 e. The number of nitrogens with one attached hydrogen (secondary N) is 1. The zero-order valence-electron chi connectivity index (χ0n) is 12.9. The fraction of sp³-hybridized carbons (Fsp3) is 0.118. The maximum absolute atomic E-state index is 13.0. The highest BCUT2D eigenvalue weighted by Crippen LogP contribution is 2.24. The number of benzene rings is 2. The topological polar surface area (TPSA) is 59.1 Å². The van der Waals surface area contributed by atoms with E-state index in [1.807, 2.05) is 5.38 Å². The lowest BCUT2D eigenvalue weighted by atomic mass is 10.2. The monoisotopic (exact) mass is 396 g/mol. The first-order valence-electron chi connectivity index (χ1n) is 7.40. The van der Waals surface area contributed by atoms with Crippen LogP contribution in [0.4, 0.5) is 4.39 Å². The Labute approximate surface area is 154 Å². The van der Waals surface area contributed by atoms with Crippen molar-refractivity contribution in [1.29, 1.82) is 0 Å². The van der Waals surface area contributed by atoms with Gasteiger partial charge in [-0.25, -0.2) is 22.5 Å². The van der Waals surface area contributed by atoms with Crippen molar-refractivity contribution in [3.63, 3.8) is 0 Å². The lowest BCUT2D eigenvalue weighted by Gasteiger charge is -2.05. The predicted octanol–water partition coefficient (Wildman–Crippen LogP) is 4.12. The van der Waals surface area contributed by atoms with Crippen molar-refractivity contribution in [3.8, 4) is 10.6 Å². The molecule has 0 radical (unpaired) electrons. The summed E-state index contributed by atoms with van der Waals surface area (Å²) >= 11 is 7.20. The van der Waals surface area contributed by atoms with Crippen LogP contribution in [0, 0.1) is 5.82 Å². The second kappa shape index (κ2) is 7.61. The lowest BCUT2D eigenvalue weighted by Crippen LogP contribution is -2.26. The van der Waals surface area contributed by atoms with Gasteiger partial charge in [0.05, 0.1) is 10.6 Å². The minimum Gasteiger partial charge on any atom is -0.241 e. The van der Waals surface area contributed by atoms with Gasteiger partial charge in [0.2, 0.25) is 10.0 Å². The van der Waals surface area contributed by atoms with E-state index in [0.29, 0.717) is 11.4 Å². The van der Waals surface area contributed by atoms with Crippen LogP contribution in [0.3, 0.4) is 0 Å². The van der Waals surface area contributed by atoms with Gasteiger partial charge in [0.25, 0.3) is 0 Å². The van der Waals surface area contributed by atoms with Gasteiger partial charge in [-0.3, -0.25) is 0 Å². The zero-order chi connectivity index (χ0) is 17.9. The standard InChI is InChI=1S/C17H14ClFN2O2S2/c18-13-3-7-16(8-4-13)25(22,23)20-10-9-15-11-24-17(21-15)12-1-5-14(19)6-2-12/h1-8,11,20H,9-10H2. The summed E-state index contributed by atoms with van der Waals surface area (Å²) in [6.07, 6.45) is 0.463. The van der Waals surface area contributed by atoms with Crippen LogP contribution >= 0.6 is 22.9 Å². The Kier molecular flexibility index (Phi) is 5.48. The van der Waals surface area contributed by atoms with Gasteiger partial charge in [0.1, 0.15) is 10.8 Å². The van der Waals surface area contributed by atoms with Crippen LogP contribution in [0.2, 0.25) is 5.02 Å².